The van der Waals surface area contributed by atoms with Crippen molar-refractivity contribution in [2.45, 2.75) is 31.0 Å². The Morgan fingerprint density at radius 3 is 2.76 bits per heavy atom. The van der Waals surface area contributed by atoms with Crippen molar-refractivity contribution in [2.24, 2.45) is 5.92 Å². The van der Waals surface area contributed by atoms with Crippen LogP contribution in [0.3, 0.4) is 0 Å². The van der Waals surface area contributed by atoms with Gasteiger partial charge in [-0.1, -0.05) is 32.5 Å². The van der Waals surface area contributed by atoms with Gasteiger partial charge in [0.2, 0.25) is 0 Å². The van der Waals surface area contributed by atoms with Crippen LogP contribution in [-0.2, 0) is 0 Å². The molecule has 1 N–H and O–H groups in total. The molecule has 0 aliphatic carbocycles. The molecule has 17 heavy (non-hydrogen) atoms. The molecule has 1 unspecified atom stereocenters. The first-order valence-corrected chi connectivity index (χ1v) is 6.68. The minimum Gasteiger partial charge on any atom is -0.372 e. The summed E-state index contributed by atoms with van der Waals surface area (Å²) in [6, 6.07) is 0. The molecule has 92 valence electrons. The van der Waals surface area contributed by atoms with Crippen LogP contribution in [0.1, 0.15) is 20.8 Å². The van der Waals surface area contributed by atoms with E-state index in [1.807, 2.05) is 23.8 Å². The standard InChI is InChI=1S/C12H18N4S/c1-8(2)9(3)17-12-11-14-5-6-16(11)7-10(13-4)15-12/h5-9,13H,1-4H3. The first-order valence-electron chi connectivity index (χ1n) is 5.80. The molecule has 2 heterocycles. The van der Waals surface area contributed by atoms with Crippen LogP contribution in [0.15, 0.2) is 23.6 Å². The minimum absolute atomic E-state index is 0.523. The van der Waals surface area contributed by atoms with Gasteiger partial charge in [-0.05, 0) is 5.92 Å². The molecule has 0 bridgehead atoms. The third-order valence-electron chi connectivity index (χ3n) is 2.84. The molecular formula is C12H18N4S. The van der Waals surface area contributed by atoms with Gasteiger partial charge in [0.15, 0.2) is 5.65 Å². The van der Waals surface area contributed by atoms with E-state index >= 15 is 0 Å². The zero-order valence-electron chi connectivity index (χ0n) is 10.6. The summed E-state index contributed by atoms with van der Waals surface area (Å²) < 4.78 is 2.01. The van der Waals surface area contributed by atoms with Crippen LogP contribution in [-0.4, -0.2) is 26.7 Å². The number of hydrogen-bond donors (Lipinski definition) is 1. The molecule has 0 aromatic carbocycles. The highest BCUT2D eigenvalue weighted by atomic mass is 32.2. The lowest BCUT2D eigenvalue weighted by Crippen LogP contribution is -2.07. The van der Waals surface area contributed by atoms with Crippen LogP contribution in [0.25, 0.3) is 5.65 Å². The Kier molecular flexibility index (Phi) is 3.57. The highest BCUT2D eigenvalue weighted by Crippen LogP contribution is 2.29. The third-order valence-corrected chi connectivity index (χ3v) is 4.25. The number of imidazole rings is 1. The zero-order valence-corrected chi connectivity index (χ0v) is 11.5. The SMILES string of the molecule is CNc1cn2ccnc2c(SC(C)C(C)C)n1. The van der Waals surface area contributed by atoms with E-state index in [-0.39, 0.29) is 0 Å². The summed E-state index contributed by atoms with van der Waals surface area (Å²) in [4.78, 5) is 8.94. The highest BCUT2D eigenvalue weighted by molar-refractivity contribution is 8.00. The van der Waals surface area contributed by atoms with E-state index in [2.05, 4.69) is 36.1 Å². The molecule has 5 heteroatoms. The van der Waals surface area contributed by atoms with Crippen molar-refractivity contribution in [2.75, 3.05) is 12.4 Å². The molecule has 2 rings (SSSR count). The van der Waals surface area contributed by atoms with Crippen molar-refractivity contribution in [1.29, 1.82) is 0 Å². The molecule has 0 saturated heterocycles. The molecule has 0 spiro atoms. The van der Waals surface area contributed by atoms with Crippen molar-refractivity contribution in [1.82, 2.24) is 14.4 Å². The average Bonchev–Trinajstić information content (AvgIpc) is 2.76. The van der Waals surface area contributed by atoms with Gasteiger partial charge in [0.05, 0.1) is 6.20 Å². The normalized spacial score (nSPS) is 13.2. The van der Waals surface area contributed by atoms with E-state index in [4.69, 9.17) is 0 Å². The third kappa shape index (κ3) is 2.54. The first kappa shape index (κ1) is 12.2. The fraction of sp³-hybridized carbons (Fsp3) is 0.500. The zero-order chi connectivity index (χ0) is 12.4. The van der Waals surface area contributed by atoms with E-state index in [0.29, 0.717) is 11.2 Å². The predicted octanol–water partition coefficient (Wildman–Crippen LogP) is 2.91. The quantitative estimate of drug-likeness (QED) is 0.847. The summed E-state index contributed by atoms with van der Waals surface area (Å²) in [5, 5.41) is 4.59. The second-order valence-electron chi connectivity index (χ2n) is 4.41. The monoisotopic (exact) mass is 250 g/mol. The average molecular weight is 250 g/mol. The van der Waals surface area contributed by atoms with E-state index < -0.39 is 0 Å². The first-order chi connectivity index (χ1) is 8.11. The number of rotatable bonds is 4. The Morgan fingerprint density at radius 1 is 1.35 bits per heavy atom. The van der Waals surface area contributed by atoms with Crippen molar-refractivity contribution < 1.29 is 0 Å². The predicted molar refractivity (Wildman–Crippen MR) is 72.7 cm³/mol. The molecule has 0 aliphatic heterocycles. The van der Waals surface area contributed by atoms with E-state index in [1.165, 1.54) is 0 Å². The van der Waals surface area contributed by atoms with Gasteiger partial charge >= 0.3 is 0 Å². The van der Waals surface area contributed by atoms with Gasteiger partial charge in [0.1, 0.15) is 10.8 Å². The number of hydrogen-bond acceptors (Lipinski definition) is 4. The van der Waals surface area contributed by atoms with Crippen LogP contribution in [0, 0.1) is 5.92 Å². The Morgan fingerprint density at radius 2 is 2.12 bits per heavy atom. The summed E-state index contributed by atoms with van der Waals surface area (Å²) in [5.74, 6) is 1.49. The lowest BCUT2D eigenvalue weighted by Gasteiger charge is -2.15. The molecule has 0 saturated carbocycles. The summed E-state index contributed by atoms with van der Waals surface area (Å²) in [6.45, 7) is 6.67. The van der Waals surface area contributed by atoms with E-state index in [0.717, 1.165) is 16.5 Å². The summed E-state index contributed by atoms with van der Waals surface area (Å²) in [5.41, 5.74) is 0.932. The lowest BCUT2D eigenvalue weighted by molar-refractivity contribution is 0.641. The number of aromatic nitrogens is 3. The second kappa shape index (κ2) is 4.96. The van der Waals surface area contributed by atoms with Crippen LogP contribution in [0.2, 0.25) is 0 Å². The largest absolute Gasteiger partial charge is 0.372 e. The van der Waals surface area contributed by atoms with Crippen LogP contribution >= 0.6 is 11.8 Å². The van der Waals surface area contributed by atoms with Crippen LogP contribution in [0.5, 0.6) is 0 Å². The molecule has 0 aliphatic rings. The molecule has 0 radical (unpaired) electrons. The summed E-state index contributed by atoms with van der Waals surface area (Å²) >= 11 is 1.78. The Labute approximate surface area is 106 Å². The Bertz CT molecular complexity index is 506. The molecule has 2 aromatic heterocycles. The topological polar surface area (TPSA) is 42.2 Å². The van der Waals surface area contributed by atoms with Crippen LogP contribution < -0.4 is 5.32 Å². The van der Waals surface area contributed by atoms with Crippen molar-refractivity contribution in [3.63, 3.8) is 0 Å². The maximum absolute atomic E-state index is 4.58. The Hall–Kier alpha value is -1.23. The lowest BCUT2D eigenvalue weighted by atomic mass is 10.2. The number of fused-ring (bicyclic) bond motifs is 1. The van der Waals surface area contributed by atoms with Crippen molar-refractivity contribution in [3.05, 3.63) is 18.6 Å². The van der Waals surface area contributed by atoms with Crippen molar-refractivity contribution in [3.8, 4) is 0 Å². The minimum atomic E-state index is 0.523. The van der Waals surface area contributed by atoms with E-state index in [1.54, 1.807) is 18.0 Å². The maximum Gasteiger partial charge on any atom is 0.169 e. The van der Waals surface area contributed by atoms with Gasteiger partial charge in [-0.2, -0.15) is 0 Å². The fourth-order valence-electron chi connectivity index (χ4n) is 1.41. The smallest absolute Gasteiger partial charge is 0.169 e. The van der Waals surface area contributed by atoms with Gasteiger partial charge in [0, 0.05) is 24.7 Å². The molecule has 0 amide bonds. The molecule has 1 atom stereocenters. The molecule has 0 fully saturated rings. The highest BCUT2D eigenvalue weighted by Gasteiger charge is 2.14. The number of nitrogens with one attached hydrogen (secondary N) is 1. The summed E-state index contributed by atoms with van der Waals surface area (Å²) in [6.07, 6.45) is 5.70. The van der Waals surface area contributed by atoms with Gasteiger partial charge in [-0.3, -0.25) is 0 Å². The molecular weight excluding hydrogens is 232 g/mol. The number of nitrogens with zero attached hydrogens (tertiary/aromatic N) is 3. The van der Waals surface area contributed by atoms with Crippen LogP contribution in [0.4, 0.5) is 5.82 Å². The Balaban J connectivity index is 2.40. The summed E-state index contributed by atoms with van der Waals surface area (Å²) in [7, 11) is 1.88. The van der Waals surface area contributed by atoms with Crippen molar-refractivity contribution >= 4 is 23.2 Å². The fourth-order valence-corrected chi connectivity index (χ4v) is 2.45. The number of thioether (sulfide) groups is 1. The van der Waals surface area contributed by atoms with Gasteiger partial charge < -0.3 is 9.72 Å². The maximum atomic E-state index is 4.58. The van der Waals surface area contributed by atoms with Gasteiger partial charge in [-0.15, -0.1) is 0 Å². The van der Waals surface area contributed by atoms with E-state index in [9.17, 15) is 0 Å². The van der Waals surface area contributed by atoms with Gasteiger partial charge in [-0.25, -0.2) is 9.97 Å². The van der Waals surface area contributed by atoms with Gasteiger partial charge in [0.25, 0.3) is 0 Å². The second-order valence-corrected chi connectivity index (χ2v) is 5.77. The molecule has 2 aromatic rings. The number of anilines is 1. The molecule has 4 nitrogen and oxygen atoms in total.